The molecule has 0 aromatic carbocycles. The van der Waals surface area contributed by atoms with Gasteiger partial charge >= 0.3 is 0 Å². The van der Waals surface area contributed by atoms with Gasteiger partial charge in [-0.1, -0.05) is 47.5 Å². The second-order valence-corrected chi connectivity index (χ2v) is 9.05. The van der Waals surface area contributed by atoms with Crippen molar-refractivity contribution in [1.29, 1.82) is 0 Å². The van der Waals surface area contributed by atoms with Gasteiger partial charge in [-0.15, -0.1) is 0 Å². The highest BCUT2D eigenvalue weighted by Gasteiger charge is 2.46. The molecule has 0 radical (unpaired) electrons. The smallest absolute Gasteiger partial charge is 0.168 e. The van der Waals surface area contributed by atoms with Crippen molar-refractivity contribution < 1.29 is 9.47 Å². The Hall–Kier alpha value is -0.120. The second kappa shape index (κ2) is 9.71. The van der Waals surface area contributed by atoms with E-state index < -0.39 is 0 Å². The molecule has 2 aliphatic rings. The fourth-order valence-electron chi connectivity index (χ4n) is 4.84. The van der Waals surface area contributed by atoms with Crippen LogP contribution in [-0.2, 0) is 9.47 Å². The molecule has 1 unspecified atom stereocenters. The zero-order valence-corrected chi connectivity index (χ0v) is 17.6. The van der Waals surface area contributed by atoms with Gasteiger partial charge in [0.05, 0.1) is 12.7 Å². The molecule has 148 valence electrons. The Morgan fingerprint density at radius 2 is 1.76 bits per heavy atom. The van der Waals surface area contributed by atoms with Crippen molar-refractivity contribution in [3.05, 3.63) is 0 Å². The molecule has 1 heterocycles. The van der Waals surface area contributed by atoms with Crippen molar-refractivity contribution in [2.24, 2.45) is 11.3 Å². The molecular weight excluding hydrogens is 310 g/mol. The topological polar surface area (TPSA) is 21.7 Å². The Kier molecular flexibility index (Phi) is 8.23. The van der Waals surface area contributed by atoms with Gasteiger partial charge in [0.25, 0.3) is 0 Å². The SMILES string of the molecule is CCCCN(CC)CCC1COC2(CCC(C(C)(C)CCC)CC2)O1. The van der Waals surface area contributed by atoms with E-state index in [1.807, 2.05) is 0 Å². The van der Waals surface area contributed by atoms with E-state index in [4.69, 9.17) is 9.47 Å². The highest BCUT2D eigenvalue weighted by Crippen LogP contribution is 2.47. The van der Waals surface area contributed by atoms with Gasteiger partial charge in [0.2, 0.25) is 0 Å². The standard InChI is InChI=1S/C22H43NO2/c1-6-9-16-23(8-3)17-12-20-18-24-22(25-20)14-10-19(11-15-22)21(4,5)13-7-2/h19-20H,6-18H2,1-5H3. The van der Waals surface area contributed by atoms with Gasteiger partial charge < -0.3 is 14.4 Å². The summed E-state index contributed by atoms with van der Waals surface area (Å²) in [5, 5.41) is 0. The number of nitrogens with zero attached hydrogens (tertiary/aromatic N) is 1. The van der Waals surface area contributed by atoms with E-state index in [1.165, 1.54) is 45.1 Å². The van der Waals surface area contributed by atoms with Gasteiger partial charge in [0.15, 0.2) is 5.79 Å². The van der Waals surface area contributed by atoms with Crippen LogP contribution in [0.3, 0.4) is 0 Å². The van der Waals surface area contributed by atoms with Crippen molar-refractivity contribution in [2.45, 2.75) is 104 Å². The molecule has 3 heteroatoms. The predicted octanol–water partition coefficient (Wildman–Crippen LogP) is 5.63. The first kappa shape index (κ1) is 21.2. The first-order valence-electron chi connectivity index (χ1n) is 11.0. The lowest BCUT2D eigenvalue weighted by molar-refractivity contribution is -0.197. The first-order chi connectivity index (χ1) is 11.9. The molecule has 1 saturated carbocycles. The molecule has 0 N–H and O–H groups in total. The molecule has 1 aliphatic heterocycles. The van der Waals surface area contributed by atoms with E-state index in [1.54, 1.807) is 0 Å². The zero-order valence-electron chi connectivity index (χ0n) is 17.6. The van der Waals surface area contributed by atoms with E-state index >= 15 is 0 Å². The van der Waals surface area contributed by atoms with Crippen molar-refractivity contribution in [3.63, 3.8) is 0 Å². The minimum Gasteiger partial charge on any atom is -0.347 e. The van der Waals surface area contributed by atoms with Crippen LogP contribution in [0.1, 0.15) is 92.4 Å². The van der Waals surface area contributed by atoms with Crippen LogP contribution in [0.5, 0.6) is 0 Å². The second-order valence-electron chi connectivity index (χ2n) is 9.05. The fraction of sp³-hybridized carbons (Fsp3) is 1.00. The number of hydrogen-bond acceptors (Lipinski definition) is 3. The van der Waals surface area contributed by atoms with Crippen LogP contribution in [0.4, 0.5) is 0 Å². The van der Waals surface area contributed by atoms with E-state index in [-0.39, 0.29) is 5.79 Å². The molecule has 1 spiro atoms. The van der Waals surface area contributed by atoms with Crippen molar-refractivity contribution in [1.82, 2.24) is 4.90 Å². The summed E-state index contributed by atoms with van der Waals surface area (Å²) in [5.74, 6) is 0.582. The van der Waals surface area contributed by atoms with Gasteiger partial charge in [-0.3, -0.25) is 0 Å². The molecule has 1 aliphatic carbocycles. The molecule has 0 amide bonds. The van der Waals surface area contributed by atoms with Crippen LogP contribution < -0.4 is 0 Å². The zero-order chi connectivity index (χ0) is 18.3. The largest absolute Gasteiger partial charge is 0.347 e. The maximum Gasteiger partial charge on any atom is 0.168 e. The molecule has 0 aromatic heterocycles. The molecule has 25 heavy (non-hydrogen) atoms. The molecule has 3 nitrogen and oxygen atoms in total. The molecular formula is C22H43NO2. The number of unbranched alkanes of at least 4 members (excludes halogenated alkanes) is 1. The predicted molar refractivity (Wildman–Crippen MR) is 106 cm³/mol. The monoisotopic (exact) mass is 353 g/mol. The Balaban J connectivity index is 1.75. The Morgan fingerprint density at radius 3 is 2.36 bits per heavy atom. The van der Waals surface area contributed by atoms with Gasteiger partial charge in [0, 0.05) is 19.4 Å². The van der Waals surface area contributed by atoms with Crippen molar-refractivity contribution in [2.75, 3.05) is 26.2 Å². The fourth-order valence-corrected chi connectivity index (χ4v) is 4.84. The van der Waals surface area contributed by atoms with Crippen molar-refractivity contribution in [3.8, 4) is 0 Å². The third-order valence-electron chi connectivity index (χ3n) is 6.70. The van der Waals surface area contributed by atoms with Crippen LogP contribution in [0, 0.1) is 11.3 Å². The summed E-state index contributed by atoms with van der Waals surface area (Å²) in [6, 6.07) is 0. The van der Waals surface area contributed by atoms with Gasteiger partial charge in [-0.2, -0.15) is 0 Å². The third kappa shape index (κ3) is 5.94. The molecule has 1 saturated heterocycles. The van der Waals surface area contributed by atoms with Gasteiger partial charge in [-0.05, 0) is 56.5 Å². The number of hydrogen-bond donors (Lipinski definition) is 0. The minimum absolute atomic E-state index is 0.246. The highest BCUT2D eigenvalue weighted by atomic mass is 16.7. The van der Waals surface area contributed by atoms with Gasteiger partial charge in [0.1, 0.15) is 0 Å². The van der Waals surface area contributed by atoms with Crippen molar-refractivity contribution >= 4 is 0 Å². The van der Waals surface area contributed by atoms with E-state index in [0.29, 0.717) is 11.5 Å². The molecule has 1 atom stereocenters. The van der Waals surface area contributed by atoms with E-state index in [9.17, 15) is 0 Å². The highest BCUT2D eigenvalue weighted by molar-refractivity contribution is 4.90. The normalized spacial score (nSPS) is 30.5. The average Bonchev–Trinajstić information content (AvgIpc) is 2.98. The molecule has 0 aromatic rings. The van der Waals surface area contributed by atoms with Crippen LogP contribution >= 0.6 is 0 Å². The summed E-state index contributed by atoms with van der Waals surface area (Å²) in [6.45, 7) is 16.1. The summed E-state index contributed by atoms with van der Waals surface area (Å²) in [6.07, 6.45) is 11.3. The lowest BCUT2D eigenvalue weighted by Gasteiger charge is -2.42. The maximum absolute atomic E-state index is 6.46. The molecule has 2 rings (SSSR count). The summed E-state index contributed by atoms with van der Waals surface area (Å²) in [7, 11) is 0. The summed E-state index contributed by atoms with van der Waals surface area (Å²) in [5.41, 5.74) is 0.468. The first-order valence-corrected chi connectivity index (χ1v) is 11.0. The van der Waals surface area contributed by atoms with E-state index in [2.05, 4.69) is 39.5 Å². The van der Waals surface area contributed by atoms with Crippen LogP contribution in [0.15, 0.2) is 0 Å². The van der Waals surface area contributed by atoms with Crippen LogP contribution in [0.25, 0.3) is 0 Å². The average molecular weight is 354 g/mol. The molecule has 0 bridgehead atoms. The van der Waals surface area contributed by atoms with Crippen LogP contribution in [-0.4, -0.2) is 43.0 Å². The summed E-state index contributed by atoms with van der Waals surface area (Å²) >= 11 is 0. The molecule has 2 fully saturated rings. The number of rotatable bonds is 10. The summed E-state index contributed by atoms with van der Waals surface area (Å²) in [4.78, 5) is 2.56. The minimum atomic E-state index is -0.246. The maximum atomic E-state index is 6.46. The Labute approximate surface area is 156 Å². The van der Waals surface area contributed by atoms with Gasteiger partial charge in [-0.25, -0.2) is 0 Å². The Morgan fingerprint density at radius 1 is 1.04 bits per heavy atom. The lowest BCUT2D eigenvalue weighted by Crippen LogP contribution is -2.39. The quantitative estimate of drug-likeness (QED) is 0.508. The van der Waals surface area contributed by atoms with E-state index in [0.717, 1.165) is 44.9 Å². The number of ether oxygens (including phenoxy) is 2. The lowest BCUT2D eigenvalue weighted by atomic mass is 9.68. The third-order valence-corrected chi connectivity index (χ3v) is 6.70. The van der Waals surface area contributed by atoms with Crippen LogP contribution in [0.2, 0.25) is 0 Å². The Bertz CT molecular complexity index is 374. The summed E-state index contributed by atoms with van der Waals surface area (Å²) < 4.78 is 12.7.